The van der Waals surface area contributed by atoms with Crippen molar-refractivity contribution >= 4 is 0 Å². The van der Waals surface area contributed by atoms with Gasteiger partial charge in [0.2, 0.25) is 0 Å². The Morgan fingerprint density at radius 3 is 2.83 bits per heavy atom. The van der Waals surface area contributed by atoms with Crippen molar-refractivity contribution in [3.63, 3.8) is 0 Å². The summed E-state index contributed by atoms with van der Waals surface area (Å²) >= 11 is 0. The number of aromatic nitrogens is 1. The van der Waals surface area contributed by atoms with Crippen LogP contribution in [0.5, 0.6) is 0 Å². The van der Waals surface area contributed by atoms with Crippen LogP contribution < -0.4 is 0 Å². The first-order valence-electron chi connectivity index (χ1n) is 9.08. The Morgan fingerprint density at radius 1 is 1.22 bits per heavy atom. The fourth-order valence-corrected chi connectivity index (χ4v) is 3.99. The third-order valence-electron chi connectivity index (χ3n) is 5.13. The minimum absolute atomic E-state index is 0.0705. The van der Waals surface area contributed by atoms with E-state index in [2.05, 4.69) is 34.7 Å². The molecule has 1 aromatic heterocycles. The molecule has 1 aromatic rings. The average molecular weight is 317 g/mol. The smallest absolute Gasteiger partial charge is 0.0629 e. The van der Waals surface area contributed by atoms with E-state index in [0.29, 0.717) is 0 Å². The van der Waals surface area contributed by atoms with E-state index in [-0.39, 0.29) is 5.60 Å². The highest BCUT2D eigenvalue weighted by atomic mass is 16.5. The zero-order chi connectivity index (χ0) is 16.1. The monoisotopic (exact) mass is 317 g/mol. The van der Waals surface area contributed by atoms with Crippen LogP contribution in [0.3, 0.4) is 0 Å². The molecule has 2 aliphatic heterocycles. The molecule has 1 atom stereocenters. The summed E-state index contributed by atoms with van der Waals surface area (Å²) in [6, 6.07) is 4.21. The summed E-state index contributed by atoms with van der Waals surface area (Å²) in [6.07, 6.45) is 7.53. The third-order valence-corrected chi connectivity index (χ3v) is 5.13. The number of ether oxygens (including phenoxy) is 1. The Morgan fingerprint density at radius 2 is 2.04 bits per heavy atom. The van der Waals surface area contributed by atoms with Gasteiger partial charge in [0, 0.05) is 45.2 Å². The molecule has 4 nitrogen and oxygen atoms in total. The van der Waals surface area contributed by atoms with Gasteiger partial charge in [-0.2, -0.15) is 0 Å². The fraction of sp³-hybridized carbons (Fsp3) is 0.737. The Hall–Kier alpha value is -0.970. The minimum Gasteiger partial charge on any atom is -0.376 e. The molecule has 0 spiro atoms. The predicted octanol–water partition coefficient (Wildman–Crippen LogP) is 2.79. The van der Waals surface area contributed by atoms with Crippen molar-refractivity contribution in [2.45, 2.75) is 45.3 Å². The van der Waals surface area contributed by atoms with E-state index in [0.717, 1.165) is 19.1 Å². The molecule has 0 aromatic carbocycles. The number of hydrogen-bond acceptors (Lipinski definition) is 4. The van der Waals surface area contributed by atoms with Crippen LogP contribution in [0, 0.1) is 5.92 Å². The van der Waals surface area contributed by atoms with Crippen LogP contribution >= 0.6 is 0 Å². The molecule has 23 heavy (non-hydrogen) atoms. The molecule has 3 heterocycles. The third kappa shape index (κ3) is 5.27. The second-order valence-electron chi connectivity index (χ2n) is 7.76. The standard InChI is InChI=1S/C19H31N3O/c1-19(2)13-17(6-12-23-19)15-21-8-4-9-22(11-10-21)16-18-5-3-7-20-14-18/h3,5,7,14,17H,4,6,8-13,15-16H2,1-2H3/t17-/m1/s1. The summed E-state index contributed by atoms with van der Waals surface area (Å²) in [4.78, 5) is 9.48. The second-order valence-corrected chi connectivity index (χ2v) is 7.76. The van der Waals surface area contributed by atoms with Crippen LogP contribution in [-0.2, 0) is 11.3 Å². The van der Waals surface area contributed by atoms with Gasteiger partial charge in [0.05, 0.1) is 5.60 Å². The summed E-state index contributed by atoms with van der Waals surface area (Å²) in [5.74, 6) is 0.795. The molecule has 2 fully saturated rings. The number of pyridine rings is 1. The zero-order valence-corrected chi connectivity index (χ0v) is 14.7. The van der Waals surface area contributed by atoms with Gasteiger partial charge in [-0.15, -0.1) is 0 Å². The molecule has 0 N–H and O–H groups in total. The molecule has 0 radical (unpaired) electrons. The van der Waals surface area contributed by atoms with Crippen molar-refractivity contribution < 1.29 is 4.74 Å². The largest absolute Gasteiger partial charge is 0.376 e. The lowest BCUT2D eigenvalue weighted by Crippen LogP contribution is -2.40. The van der Waals surface area contributed by atoms with E-state index >= 15 is 0 Å². The first kappa shape index (κ1) is 16.9. The molecule has 128 valence electrons. The van der Waals surface area contributed by atoms with Crippen molar-refractivity contribution in [3.05, 3.63) is 30.1 Å². The maximum atomic E-state index is 5.86. The van der Waals surface area contributed by atoms with Crippen molar-refractivity contribution in [2.75, 3.05) is 39.3 Å². The molecule has 0 saturated carbocycles. The summed E-state index contributed by atoms with van der Waals surface area (Å²) in [5.41, 5.74) is 1.40. The Balaban J connectivity index is 1.47. The van der Waals surface area contributed by atoms with Gasteiger partial charge in [-0.25, -0.2) is 0 Å². The van der Waals surface area contributed by atoms with E-state index in [9.17, 15) is 0 Å². The predicted molar refractivity (Wildman–Crippen MR) is 93.3 cm³/mol. The zero-order valence-electron chi connectivity index (χ0n) is 14.7. The minimum atomic E-state index is 0.0705. The fourth-order valence-electron chi connectivity index (χ4n) is 3.99. The van der Waals surface area contributed by atoms with Gasteiger partial charge in [0.1, 0.15) is 0 Å². The Kier molecular flexibility index (Phi) is 5.67. The van der Waals surface area contributed by atoms with Gasteiger partial charge >= 0.3 is 0 Å². The number of rotatable bonds is 4. The van der Waals surface area contributed by atoms with E-state index in [1.165, 1.54) is 57.5 Å². The lowest BCUT2D eigenvalue weighted by molar-refractivity contribution is -0.0766. The first-order chi connectivity index (χ1) is 11.1. The topological polar surface area (TPSA) is 28.6 Å². The number of nitrogens with zero attached hydrogens (tertiary/aromatic N) is 3. The van der Waals surface area contributed by atoms with Crippen LogP contribution in [0.1, 0.15) is 38.7 Å². The van der Waals surface area contributed by atoms with E-state index in [1.807, 2.05) is 18.5 Å². The molecule has 4 heteroatoms. The molecule has 0 amide bonds. The van der Waals surface area contributed by atoms with Crippen molar-refractivity contribution in [1.29, 1.82) is 0 Å². The molecule has 2 aliphatic rings. The summed E-state index contributed by atoms with van der Waals surface area (Å²) in [7, 11) is 0. The van der Waals surface area contributed by atoms with Gasteiger partial charge in [-0.1, -0.05) is 6.07 Å². The highest BCUT2D eigenvalue weighted by Gasteiger charge is 2.30. The van der Waals surface area contributed by atoms with Crippen molar-refractivity contribution in [3.8, 4) is 0 Å². The highest BCUT2D eigenvalue weighted by molar-refractivity contribution is 5.08. The summed E-state index contributed by atoms with van der Waals surface area (Å²) < 4.78 is 5.86. The van der Waals surface area contributed by atoms with Crippen LogP contribution in [0.15, 0.2) is 24.5 Å². The quantitative estimate of drug-likeness (QED) is 0.854. The highest BCUT2D eigenvalue weighted by Crippen LogP contribution is 2.29. The molecule has 0 bridgehead atoms. The van der Waals surface area contributed by atoms with Crippen molar-refractivity contribution in [1.82, 2.24) is 14.8 Å². The van der Waals surface area contributed by atoms with Gasteiger partial charge in [-0.05, 0) is 63.7 Å². The van der Waals surface area contributed by atoms with E-state index in [4.69, 9.17) is 4.74 Å². The average Bonchev–Trinajstić information content (AvgIpc) is 2.73. The van der Waals surface area contributed by atoms with Crippen LogP contribution in [0.4, 0.5) is 0 Å². The van der Waals surface area contributed by atoms with E-state index < -0.39 is 0 Å². The van der Waals surface area contributed by atoms with Crippen LogP contribution in [0.2, 0.25) is 0 Å². The van der Waals surface area contributed by atoms with Crippen molar-refractivity contribution in [2.24, 2.45) is 5.92 Å². The Bertz CT molecular complexity index is 477. The molecular formula is C19H31N3O. The normalized spacial score (nSPS) is 26.8. The van der Waals surface area contributed by atoms with Crippen LogP contribution in [-0.4, -0.2) is 59.7 Å². The maximum Gasteiger partial charge on any atom is 0.0629 e. The van der Waals surface area contributed by atoms with E-state index in [1.54, 1.807) is 0 Å². The molecule has 2 saturated heterocycles. The lowest BCUT2D eigenvalue weighted by Gasteiger charge is -2.37. The number of hydrogen-bond donors (Lipinski definition) is 0. The maximum absolute atomic E-state index is 5.86. The van der Waals surface area contributed by atoms with Gasteiger partial charge in [0.15, 0.2) is 0 Å². The molecule has 0 aliphatic carbocycles. The Labute approximate surface area is 140 Å². The van der Waals surface area contributed by atoms with Gasteiger partial charge in [0.25, 0.3) is 0 Å². The summed E-state index contributed by atoms with van der Waals surface area (Å²) in [6.45, 7) is 12.5. The molecule has 3 rings (SSSR count). The molecule has 0 unspecified atom stereocenters. The second kappa shape index (κ2) is 7.73. The van der Waals surface area contributed by atoms with Crippen LogP contribution in [0.25, 0.3) is 0 Å². The van der Waals surface area contributed by atoms with Gasteiger partial charge in [-0.3, -0.25) is 9.88 Å². The van der Waals surface area contributed by atoms with Gasteiger partial charge < -0.3 is 9.64 Å². The molecular weight excluding hydrogens is 286 g/mol. The SMILES string of the molecule is CC1(C)C[C@H](CN2CCCN(Cc3cccnc3)CC2)CCO1. The summed E-state index contributed by atoms with van der Waals surface area (Å²) in [5, 5.41) is 0. The first-order valence-corrected chi connectivity index (χ1v) is 9.08. The lowest BCUT2D eigenvalue weighted by atomic mass is 9.88.